The SMILES string of the molecule is COc1ccc(S(=O)(=O)N(C)CCc2ccccc2)cc1N1CCN(S(=O)(=O)c2c(F)cccc2F)CC1. The third-order valence-electron chi connectivity index (χ3n) is 6.51. The molecule has 0 aliphatic carbocycles. The van der Waals surface area contributed by atoms with Crippen molar-refractivity contribution in [3.05, 3.63) is 83.9 Å². The second-order valence-electron chi connectivity index (χ2n) is 8.84. The maximum atomic E-state index is 14.2. The molecule has 0 N–H and O–H groups in total. The average Bonchev–Trinajstić information content (AvgIpc) is 2.91. The molecule has 1 saturated heterocycles. The van der Waals surface area contributed by atoms with Crippen molar-refractivity contribution in [1.29, 1.82) is 0 Å². The van der Waals surface area contributed by atoms with Crippen molar-refractivity contribution in [2.24, 2.45) is 0 Å². The summed E-state index contributed by atoms with van der Waals surface area (Å²) in [6.45, 7) is 0.523. The number of rotatable bonds is 9. The van der Waals surface area contributed by atoms with E-state index in [0.29, 0.717) is 17.9 Å². The van der Waals surface area contributed by atoms with Gasteiger partial charge in [0.15, 0.2) is 4.90 Å². The highest BCUT2D eigenvalue weighted by molar-refractivity contribution is 7.89. The van der Waals surface area contributed by atoms with Gasteiger partial charge in [-0.05, 0) is 42.3 Å². The Labute approximate surface area is 222 Å². The minimum atomic E-state index is -4.39. The molecule has 1 aliphatic rings. The number of likely N-dealkylation sites (N-methyl/N-ethyl adjacent to an activating group) is 1. The van der Waals surface area contributed by atoms with Crippen molar-refractivity contribution >= 4 is 25.7 Å². The molecule has 1 aliphatic heterocycles. The van der Waals surface area contributed by atoms with Gasteiger partial charge >= 0.3 is 0 Å². The molecular formula is C26H29F2N3O5S2. The van der Waals surface area contributed by atoms with E-state index in [4.69, 9.17) is 4.74 Å². The molecule has 0 atom stereocenters. The Morgan fingerprint density at radius 2 is 1.50 bits per heavy atom. The van der Waals surface area contributed by atoms with Gasteiger partial charge in [0, 0.05) is 39.8 Å². The van der Waals surface area contributed by atoms with E-state index in [1.54, 1.807) is 11.0 Å². The van der Waals surface area contributed by atoms with Gasteiger partial charge in [0.05, 0.1) is 17.7 Å². The van der Waals surface area contributed by atoms with Crippen LogP contribution in [-0.2, 0) is 26.5 Å². The van der Waals surface area contributed by atoms with Gasteiger partial charge in [-0.3, -0.25) is 0 Å². The predicted octanol–water partition coefficient (Wildman–Crippen LogP) is 3.35. The van der Waals surface area contributed by atoms with Crippen molar-refractivity contribution in [3.8, 4) is 5.75 Å². The van der Waals surface area contributed by atoms with Crippen LogP contribution in [0, 0.1) is 11.6 Å². The summed E-state index contributed by atoms with van der Waals surface area (Å²) >= 11 is 0. The number of sulfonamides is 2. The number of nitrogens with zero attached hydrogens (tertiary/aromatic N) is 3. The van der Waals surface area contributed by atoms with Crippen molar-refractivity contribution in [2.45, 2.75) is 16.2 Å². The number of ether oxygens (including phenoxy) is 1. The van der Waals surface area contributed by atoms with E-state index < -0.39 is 36.6 Å². The number of anilines is 1. The van der Waals surface area contributed by atoms with E-state index in [9.17, 15) is 25.6 Å². The molecule has 3 aromatic rings. The van der Waals surface area contributed by atoms with Crippen molar-refractivity contribution in [2.75, 3.05) is 51.8 Å². The summed E-state index contributed by atoms with van der Waals surface area (Å²) in [5.74, 6) is -1.88. The Bertz CT molecular complexity index is 1470. The van der Waals surface area contributed by atoms with Crippen LogP contribution in [-0.4, -0.2) is 72.3 Å². The lowest BCUT2D eigenvalue weighted by Gasteiger charge is -2.36. The fourth-order valence-electron chi connectivity index (χ4n) is 4.34. The molecule has 0 spiro atoms. The summed E-state index contributed by atoms with van der Waals surface area (Å²) in [7, 11) is -5.23. The molecule has 0 amide bonds. The molecule has 0 saturated carbocycles. The van der Waals surface area contributed by atoms with Gasteiger partial charge in [-0.2, -0.15) is 4.31 Å². The molecule has 204 valence electrons. The number of halogens is 2. The van der Waals surface area contributed by atoms with Crippen molar-refractivity contribution < 1.29 is 30.4 Å². The maximum Gasteiger partial charge on any atom is 0.249 e. The van der Waals surface area contributed by atoms with E-state index in [2.05, 4.69) is 0 Å². The van der Waals surface area contributed by atoms with Gasteiger partial charge in [-0.1, -0.05) is 36.4 Å². The molecule has 1 fully saturated rings. The Kier molecular flexibility index (Phi) is 8.36. The first-order valence-corrected chi connectivity index (χ1v) is 14.8. The smallest absolute Gasteiger partial charge is 0.249 e. The summed E-state index contributed by atoms with van der Waals surface area (Å²) in [5, 5.41) is 0. The minimum absolute atomic E-state index is 0.0484. The average molecular weight is 566 g/mol. The fraction of sp³-hybridized carbons (Fsp3) is 0.308. The first-order valence-electron chi connectivity index (χ1n) is 11.9. The van der Waals surface area contributed by atoms with Crippen molar-refractivity contribution in [3.63, 3.8) is 0 Å². The van der Waals surface area contributed by atoms with Gasteiger partial charge in [-0.15, -0.1) is 0 Å². The molecule has 3 aromatic carbocycles. The summed E-state index contributed by atoms with van der Waals surface area (Å²) < 4.78 is 88.6. The monoisotopic (exact) mass is 565 g/mol. The second-order valence-corrected chi connectivity index (χ2v) is 12.8. The maximum absolute atomic E-state index is 14.2. The largest absolute Gasteiger partial charge is 0.495 e. The van der Waals surface area contributed by atoms with E-state index in [1.165, 1.54) is 30.6 Å². The van der Waals surface area contributed by atoms with Gasteiger partial charge in [0.1, 0.15) is 17.4 Å². The van der Waals surface area contributed by atoms with E-state index in [1.807, 2.05) is 30.3 Å². The lowest BCUT2D eigenvalue weighted by Crippen LogP contribution is -2.49. The lowest BCUT2D eigenvalue weighted by molar-refractivity contribution is 0.373. The summed E-state index contributed by atoms with van der Waals surface area (Å²) in [4.78, 5) is 0.899. The van der Waals surface area contributed by atoms with Crippen LogP contribution < -0.4 is 9.64 Å². The Balaban J connectivity index is 1.52. The number of benzene rings is 3. The molecule has 0 radical (unpaired) electrons. The molecular weight excluding hydrogens is 536 g/mol. The lowest BCUT2D eigenvalue weighted by atomic mass is 10.2. The highest BCUT2D eigenvalue weighted by atomic mass is 32.2. The van der Waals surface area contributed by atoms with Gasteiger partial charge < -0.3 is 9.64 Å². The molecule has 0 aromatic heterocycles. The zero-order valence-electron chi connectivity index (χ0n) is 21.0. The number of methoxy groups -OCH3 is 1. The zero-order valence-corrected chi connectivity index (χ0v) is 22.7. The van der Waals surface area contributed by atoms with Gasteiger partial charge in [0.25, 0.3) is 0 Å². The van der Waals surface area contributed by atoms with Gasteiger partial charge in [-0.25, -0.2) is 29.9 Å². The minimum Gasteiger partial charge on any atom is -0.495 e. The summed E-state index contributed by atoms with van der Waals surface area (Å²) in [6, 6.07) is 17.0. The van der Waals surface area contributed by atoms with Gasteiger partial charge in [0.2, 0.25) is 20.0 Å². The zero-order chi connectivity index (χ0) is 27.5. The van der Waals surface area contributed by atoms with Crippen LogP contribution in [0.3, 0.4) is 0 Å². The Morgan fingerprint density at radius 3 is 2.11 bits per heavy atom. The molecule has 1 heterocycles. The topological polar surface area (TPSA) is 87.2 Å². The normalized spacial score (nSPS) is 15.1. The first-order chi connectivity index (χ1) is 18.1. The van der Waals surface area contributed by atoms with Crippen LogP contribution in [0.15, 0.2) is 76.5 Å². The highest BCUT2D eigenvalue weighted by Crippen LogP contribution is 2.33. The molecule has 12 heteroatoms. The van der Waals surface area contributed by atoms with Crippen LogP contribution in [0.4, 0.5) is 14.5 Å². The van der Waals surface area contributed by atoms with Crippen LogP contribution in [0.25, 0.3) is 0 Å². The quantitative estimate of drug-likeness (QED) is 0.396. The van der Waals surface area contributed by atoms with Crippen LogP contribution >= 0.6 is 0 Å². The van der Waals surface area contributed by atoms with E-state index in [-0.39, 0.29) is 37.6 Å². The molecule has 0 unspecified atom stereocenters. The highest BCUT2D eigenvalue weighted by Gasteiger charge is 2.34. The summed E-state index contributed by atoms with van der Waals surface area (Å²) in [6.07, 6.45) is 0.554. The molecule has 4 rings (SSSR count). The standard InChI is InChI=1S/C26H29F2N3O5S2/c1-29(14-13-20-7-4-3-5-8-20)37(32,33)21-11-12-25(36-2)24(19-21)30-15-17-31(18-16-30)38(34,35)26-22(27)9-6-10-23(26)28/h3-12,19H,13-18H2,1-2H3. The summed E-state index contributed by atoms with van der Waals surface area (Å²) in [5.41, 5.74) is 1.51. The van der Waals surface area contributed by atoms with E-state index >= 15 is 0 Å². The molecule has 38 heavy (non-hydrogen) atoms. The Hall–Kier alpha value is -3.06. The second kappa shape index (κ2) is 11.4. The van der Waals surface area contributed by atoms with Crippen LogP contribution in [0.2, 0.25) is 0 Å². The third kappa shape index (κ3) is 5.68. The predicted molar refractivity (Wildman–Crippen MR) is 140 cm³/mol. The number of hydrogen-bond donors (Lipinski definition) is 0. The Morgan fingerprint density at radius 1 is 0.868 bits per heavy atom. The van der Waals surface area contributed by atoms with Crippen molar-refractivity contribution in [1.82, 2.24) is 8.61 Å². The number of hydrogen-bond acceptors (Lipinski definition) is 6. The number of piperazine rings is 1. The van der Waals surface area contributed by atoms with Crippen LogP contribution in [0.1, 0.15) is 5.56 Å². The molecule has 8 nitrogen and oxygen atoms in total. The van der Waals surface area contributed by atoms with E-state index in [0.717, 1.165) is 28.1 Å². The fourth-order valence-corrected chi connectivity index (χ4v) is 7.06. The molecule has 0 bridgehead atoms. The first kappa shape index (κ1) is 28.0. The third-order valence-corrected chi connectivity index (χ3v) is 10.3. The van der Waals surface area contributed by atoms with Crippen LogP contribution in [0.5, 0.6) is 5.75 Å².